The van der Waals surface area contributed by atoms with E-state index in [1.807, 2.05) is 13.8 Å². The molecule has 0 aliphatic heterocycles. The molecule has 2 aromatic rings. The van der Waals surface area contributed by atoms with E-state index in [1.165, 1.54) is 0 Å². The molecule has 0 aliphatic rings. The number of ether oxygens (including phenoxy) is 2. The topological polar surface area (TPSA) is 76.2 Å². The zero-order chi connectivity index (χ0) is 15.4. The van der Waals surface area contributed by atoms with Gasteiger partial charge in [0.2, 0.25) is 0 Å². The molecule has 1 aromatic carbocycles. The highest BCUT2D eigenvalue weighted by Crippen LogP contribution is 2.22. The number of aromatic nitrogens is 2. The third-order valence-corrected chi connectivity index (χ3v) is 3.32. The first-order chi connectivity index (χ1) is 10.0. The first-order valence-electron chi connectivity index (χ1n) is 6.57. The van der Waals surface area contributed by atoms with Gasteiger partial charge in [0.25, 0.3) is 5.91 Å². The van der Waals surface area contributed by atoms with Crippen LogP contribution in [0.1, 0.15) is 27.3 Å². The van der Waals surface area contributed by atoms with Crippen LogP contribution < -0.4 is 14.8 Å². The van der Waals surface area contributed by atoms with Gasteiger partial charge in [-0.05, 0) is 26.0 Å². The van der Waals surface area contributed by atoms with E-state index in [1.54, 1.807) is 32.4 Å². The zero-order valence-electron chi connectivity index (χ0n) is 12.6. The van der Waals surface area contributed by atoms with E-state index in [0.29, 0.717) is 23.6 Å². The lowest BCUT2D eigenvalue weighted by atomic mass is 10.1. The lowest BCUT2D eigenvalue weighted by Gasteiger charge is -2.09. The Labute approximate surface area is 123 Å². The van der Waals surface area contributed by atoms with Gasteiger partial charge in [-0.1, -0.05) is 0 Å². The molecular formula is C15H19N3O3. The molecule has 2 N–H and O–H groups in total. The van der Waals surface area contributed by atoms with Gasteiger partial charge in [0, 0.05) is 29.4 Å². The van der Waals surface area contributed by atoms with Crippen molar-refractivity contribution in [3.63, 3.8) is 0 Å². The molecule has 0 unspecified atom stereocenters. The molecule has 0 radical (unpaired) electrons. The van der Waals surface area contributed by atoms with Crippen molar-refractivity contribution < 1.29 is 14.3 Å². The van der Waals surface area contributed by atoms with Crippen molar-refractivity contribution >= 4 is 5.91 Å². The predicted molar refractivity (Wildman–Crippen MR) is 78.8 cm³/mol. The number of nitrogens with one attached hydrogen (secondary N) is 2. The Bertz CT molecular complexity index is 608. The standard InChI is InChI=1S/C15H19N3O3/c1-9-14(10(2)18-17-9)8-16-15(19)11-5-12(20-3)7-13(6-11)21-4/h5-7H,8H2,1-4H3,(H,16,19)(H,17,18). The molecule has 0 saturated heterocycles. The Balaban J connectivity index is 2.13. The van der Waals surface area contributed by atoms with Crippen LogP contribution in [0.15, 0.2) is 18.2 Å². The molecule has 0 bridgehead atoms. The van der Waals surface area contributed by atoms with Crippen LogP contribution in [-0.4, -0.2) is 30.3 Å². The summed E-state index contributed by atoms with van der Waals surface area (Å²) in [4.78, 5) is 12.2. The Hall–Kier alpha value is -2.50. The molecular weight excluding hydrogens is 270 g/mol. The molecule has 1 amide bonds. The van der Waals surface area contributed by atoms with Crippen molar-refractivity contribution in [3.05, 3.63) is 40.7 Å². The van der Waals surface area contributed by atoms with Gasteiger partial charge < -0.3 is 14.8 Å². The van der Waals surface area contributed by atoms with E-state index in [-0.39, 0.29) is 5.91 Å². The third kappa shape index (κ3) is 3.34. The number of carbonyl (C=O) groups is 1. The fraction of sp³-hybridized carbons (Fsp3) is 0.333. The van der Waals surface area contributed by atoms with E-state index in [4.69, 9.17) is 9.47 Å². The van der Waals surface area contributed by atoms with Gasteiger partial charge in [-0.2, -0.15) is 5.10 Å². The maximum absolute atomic E-state index is 12.2. The van der Waals surface area contributed by atoms with Crippen molar-refractivity contribution in [1.29, 1.82) is 0 Å². The molecule has 0 saturated carbocycles. The Morgan fingerprint density at radius 3 is 2.29 bits per heavy atom. The average molecular weight is 289 g/mol. The first-order valence-corrected chi connectivity index (χ1v) is 6.57. The van der Waals surface area contributed by atoms with E-state index < -0.39 is 0 Å². The molecule has 1 aromatic heterocycles. The summed E-state index contributed by atoms with van der Waals surface area (Å²) in [7, 11) is 3.10. The summed E-state index contributed by atoms with van der Waals surface area (Å²) in [5.41, 5.74) is 3.33. The second-order valence-electron chi connectivity index (χ2n) is 4.70. The molecule has 21 heavy (non-hydrogen) atoms. The predicted octanol–water partition coefficient (Wildman–Crippen LogP) is 1.97. The molecule has 1 heterocycles. The molecule has 6 nitrogen and oxygen atoms in total. The second kappa shape index (κ2) is 6.30. The minimum Gasteiger partial charge on any atom is -0.497 e. The number of hydrogen-bond donors (Lipinski definition) is 2. The number of methoxy groups -OCH3 is 2. The zero-order valence-corrected chi connectivity index (χ0v) is 12.6. The number of carbonyl (C=O) groups excluding carboxylic acids is 1. The van der Waals surface area contributed by atoms with Gasteiger partial charge in [0.05, 0.1) is 19.9 Å². The van der Waals surface area contributed by atoms with Crippen LogP contribution in [0.2, 0.25) is 0 Å². The molecule has 0 aliphatic carbocycles. The number of H-pyrrole nitrogens is 1. The van der Waals surface area contributed by atoms with Gasteiger partial charge >= 0.3 is 0 Å². The third-order valence-electron chi connectivity index (χ3n) is 3.32. The van der Waals surface area contributed by atoms with E-state index in [9.17, 15) is 4.79 Å². The van der Waals surface area contributed by atoms with Crippen molar-refractivity contribution in [2.24, 2.45) is 0 Å². The summed E-state index contributed by atoms with van der Waals surface area (Å²) in [5, 5.41) is 9.88. The van der Waals surface area contributed by atoms with E-state index in [0.717, 1.165) is 17.0 Å². The number of benzene rings is 1. The molecule has 2 rings (SSSR count). The second-order valence-corrected chi connectivity index (χ2v) is 4.70. The quantitative estimate of drug-likeness (QED) is 0.882. The normalized spacial score (nSPS) is 10.3. The van der Waals surface area contributed by atoms with Crippen LogP contribution in [-0.2, 0) is 6.54 Å². The Kier molecular flexibility index (Phi) is 4.47. The highest BCUT2D eigenvalue weighted by Gasteiger charge is 2.12. The van der Waals surface area contributed by atoms with E-state index in [2.05, 4.69) is 15.5 Å². The summed E-state index contributed by atoms with van der Waals surface area (Å²) < 4.78 is 10.3. The number of hydrogen-bond acceptors (Lipinski definition) is 4. The minimum absolute atomic E-state index is 0.188. The first kappa shape index (κ1) is 14.9. The fourth-order valence-corrected chi connectivity index (χ4v) is 2.04. The summed E-state index contributed by atoms with van der Waals surface area (Å²) in [6.07, 6.45) is 0. The Morgan fingerprint density at radius 2 is 1.81 bits per heavy atom. The average Bonchev–Trinajstić information content (AvgIpc) is 2.83. The van der Waals surface area contributed by atoms with Crippen molar-refractivity contribution in [1.82, 2.24) is 15.5 Å². The van der Waals surface area contributed by atoms with Crippen LogP contribution in [0.5, 0.6) is 11.5 Å². The fourth-order valence-electron chi connectivity index (χ4n) is 2.04. The number of amides is 1. The molecule has 112 valence electrons. The SMILES string of the molecule is COc1cc(OC)cc(C(=O)NCc2c(C)n[nH]c2C)c1. The smallest absolute Gasteiger partial charge is 0.251 e. The van der Waals surface area contributed by atoms with Crippen molar-refractivity contribution in [2.45, 2.75) is 20.4 Å². The molecule has 0 fully saturated rings. The van der Waals surface area contributed by atoms with Crippen LogP contribution in [0.25, 0.3) is 0 Å². The van der Waals surface area contributed by atoms with Crippen molar-refractivity contribution in [3.8, 4) is 11.5 Å². The van der Waals surface area contributed by atoms with Crippen LogP contribution in [0, 0.1) is 13.8 Å². The van der Waals surface area contributed by atoms with Gasteiger partial charge in [0.15, 0.2) is 0 Å². The van der Waals surface area contributed by atoms with Gasteiger partial charge in [0.1, 0.15) is 11.5 Å². The monoisotopic (exact) mass is 289 g/mol. The lowest BCUT2D eigenvalue weighted by Crippen LogP contribution is -2.23. The molecule has 0 atom stereocenters. The summed E-state index contributed by atoms with van der Waals surface area (Å²) >= 11 is 0. The van der Waals surface area contributed by atoms with Gasteiger partial charge in [-0.15, -0.1) is 0 Å². The number of rotatable bonds is 5. The van der Waals surface area contributed by atoms with E-state index >= 15 is 0 Å². The van der Waals surface area contributed by atoms with Crippen LogP contribution in [0.4, 0.5) is 0 Å². The number of aryl methyl sites for hydroxylation is 2. The molecule has 0 spiro atoms. The maximum atomic E-state index is 12.2. The number of nitrogens with zero attached hydrogens (tertiary/aromatic N) is 1. The summed E-state index contributed by atoms with van der Waals surface area (Å²) in [6, 6.07) is 5.07. The maximum Gasteiger partial charge on any atom is 0.251 e. The summed E-state index contributed by atoms with van der Waals surface area (Å²) in [5.74, 6) is 0.970. The highest BCUT2D eigenvalue weighted by molar-refractivity contribution is 5.95. The van der Waals surface area contributed by atoms with Crippen LogP contribution >= 0.6 is 0 Å². The Morgan fingerprint density at radius 1 is 1.19 bits per heavy atom. The van der Waals surface area contributed by atoms with Gasteiger partial charge in [-0.25, -0.2) is 0 Å². The highest BCUT2D eigenvalue weighted by atomic mass is 16.5. The number of aromatic amines is 1. The lowest BCUT2D eigenvalue weighted by molar-refractivity contribution is 0.0950. The minimum atomic E-state index is -0.188. The largest absolute Gasteiger partial charge is 0.497 e. The van der Waals surface area contributed by atoms with Crippen molar-refractivity contribution in [2.75, 3.05) is 14.2 Å². The summed E-state index contributed by atoms with van der Waals surface area (Å²) in [6.45, 7) is 4.25. The molecule has 6 heteroatoms. The van der Waals surface area contributed by atoms with Crippen LogP contribution in [0.3, 0.4) is 0 Å². The van der Waals surface area contributed by atoms with Gasteiger partial charge in [-0.3, -0.25) is 9.89 Å².